The van der Waals surface area contributed by atoms with Crippen molar-refractivity contribution in [2.45, 2.75) is 0 Å². The van der Waals surface area contributed by atoms with Crippen LogP contribution in [0.5, 0.6) is 0 Å². The molecule has 27 heavy (non-hydrogen) atoms. The lowest BCUT2D eigenvalue weighted by Crippen LogP contribution is -2.36. The quantitative estimate of drug-likeness (QED) is 0.696. The first-order valence-electron chi connectivity index (χ1n) is 8.09. The van der Waals surface area contributed by atoms with Crippen molar-refractivity contribution in [3.63, 3.8) is 0 Å². The van der Waals surface area contributed by atoms with Gasteiger partial charge in [-0.1, -0.05) is 24.3 Å². The number of aromatic nitrogens is 2. The van der Waals surface area contributed by atoms with E-state index < -0.39 is 0 Å². The normalized spacial score (nSPS) is 15.8. The Morgan fingerprint density at radius 1 is 1.04 bits per heavy atom. The highest BCUT2D eigenvalue weighted by molar-refractivity contribution is 6.16. The van der Waals surface area contributed by atoms with E-state index in [1.54, 1.807) is 6.20 Å². The van der Waals surface area contributed by atoms with Gasteiger partial charge in [0.05, 0.1) is 11.5 Å². The summed E-state index contributed by atoms with van der Waals surface area (Å²) in [6, 6.07) is 7.34. The molecule has 1 aliphatic heterocycles. The molecule has 1 aromatic heterocycles. The van der Waals surface area contributed by atoms with Crippen molar-refractivity contribution < 1.29 is 0 Å². The first kappa shape index (κ1) is 16.2. The zero-order valence-electron chi connectivity index (χ0n) is 14.3. The summed E-state index contributed by atoms with van der Waals surface area (Å²) in [5.74, 6) is 0. The Hall–Kier alpha value is -4.23. The van der Waals surface area contributed by atoms with E-state index in [1.807, 2.05) is 73.2 Å². The summed E-state index contributed by atoms with van der Waals surface area (Å²) >= 11 is 0. The van der Waals surface area contributed by atoms with E-state index in [0.717, 1.165) is 5.57 Å². The molecule has 4 rings (SSSR count). The number of nitriles is 2. The maximum Gasteiger partial charge on any atom is 0.206 e. The fourth-order valence-electron chi connectivity index (χ4n) is 3.02. The molecule has 0 saturated carbocycles. The second-order valence-electron chi connectivity index (χ2n) is 5.87. The molecule has 127 valence electrons. The fourth-order valence-corrected chi connectivity index (χ4v) is 3.02. The van der Waals surface area contributed by atoms with Gasteiger partial charge in [0.25, 0.3) is 0 Å². The van der Waals surface area contributed by atoms with Gasteiger partial charge in [-0.05, 0) is 12.2 Å². The molecule has 2 aromatic rings. The minimum absolute atomic E-state index is 0.427. The van der Waals surface area contributed by atoms with Crippen LogP contribution in [-0.2, 0) is 0 Å². The minimum Gasteiger partial charge on any atom is -0.357 e. The van der Waals surface area contributed by atoms with Gasteiger partial charge in [-0.15, -0.1) is 0 Å². The summed E-state index contributed by atoms with van der Waals surface area (Å²) in [5, 5.41) is 23.4. The van der Waals surface area contributed by atoms with Gasteiger partial charge in [-0.25, -0.2) is 9.97 Å². The lowest BCUT2D eigenvalue weighted by atomic mass is 9.93. The zero-order chi connectivity index (χ0) is 18.8. The van der Waals surface area contributed by atoms with Crippen LogP contribution in [-0.4, -0.2) is 27.6 Å². The molecule has 1 aliphatic carbocycles. The van der Waals surface area contributed by atoms with E-state index in [-0.39, 0.29) is 0 Å². The number of nitrogens with zero attached hydrogens (tertiary/aromatic N) is 7. The highest BCUT2D eigenvalue weighted by Gasteiger charge is 2.25. The predicted molar refractivity (Wildman–Crippen MR) is 98.7 cm³/mol. The topological polar surface area (TPSA) is 103 Å². The monoisotopic (exact) mass is 350 g/mol. The smallest absolute Gasteiger partial charge is 0.206 e. The number of rotatable bonds is 1. The van der Waals surface area contributed by atoms with E-state index in [4.69, 9.17) is 10.2 Å². The third-order valence-electron chi connectivity index (χ3n) is 4.26. The summed E-state index contributed by atoms with van der Waals surface area (Å²) in [4.78, 5) is 15.1. The molecule has 1 radical (unpaired) electrons. The second kappa shape index (κ2) is 6.58. The SMILES string of the molecule is CN1C=CC(=c2cnc3c(n2)C(=NC#N)c2ccccc2C=3[N]C#N)C=C1. The molecular weight excluding hydrogens is 338 g/mol. The highest BCUT2D eigenvalue weighted by atomic mass is 15.0. The Kier molecular flexibility index (Phi) is 3.96. The van der Waals surface area contributed by atoms with Gasteiger partial charge < -0.3 is 4.90 Å². The van der Waals surface area contributed by atoms with Gasteiger partial charge in [0.15, 0.2) is 0 Å². The van der Waals surface area contributed by atoms with E-state index in [2.05, 4.69) is 15.3 Å². The molecule has 1 aromatic carbocycles. The molecule has 0 atom stereocenters. The first-order chi connectivity index (χ1) is 13.2. The number of hydrogen-bond donors (Lipinski definition) is 0. The van der Waals surface area contributed by atoms with Gasteiger partial charge in [0.2, 0.25) is 12.4 Å². The molecule has 0 spiro atoms. The number of allylic oxidation sites excluding steroid dienone is 2. The average Bonchev–Trinajstić information content (AvgIpc) is 2.70. The van der Waals surface area contributed by atoms with Crippen molar-refractivity contribution in [1.82, 2.24) is 20.2 Å². The van der Waals surface area contributed by atoms with Crippen LogP contribution < -0.4 is 16.0 Å². The molecule has 7 nitrogen and oxygen atoms in total. The van der Waals surface area contributed by atoms with Crippen molar-refractivity contribution >= 4 is 17.0 Å². The number of aliphatic imine (C=N–C) groups is 1. The Balaban J connectivity index is 2.09. The van der Waals surface area contributed by atoms with Crippen LogP contribution in [0.4, 0.5) is 0 Å². The summed E-state index contributed by atoms with van der Waals surface area (Å²) in [7, 11) is 1.93. The minimum atomic E-state index is 0.427. The van der Waals surface area contributed by atoms with E-state index in [1.165, 1.54) is 0 Å². The molecule has 0 amide bonds. The van der Waals surface area contributed by atoms with Crippen LogP contribution in [0.2, 0.25) is 0 Å². The standard InChI is InChI=1S/C20H12N7/c1-27-8-6-13(7-9-27)16-10-23-19-17(24-11-21)14-4-2-3-5-15(14)18(25-12-22)20(19)26-16/h2-10H,1H3. The second-order valence-corrected chi connectivity index (χ2v) is 5.87. The van der Waals surface area contributed by atoms with Crippen LogP contribution in [0, 0.1) is 22.9 Å². The third kappa shape index (κ3) is 2.74. The number of hydrogen-bond acceptors (Lipinski definition) is 6. The van der Waals surface area contributed by atoms with Gasteiger partial charge in [-0.2, -0.15) is 20.8 Å². The van der Waals surface area contributed by atoms with E-state index in [0.29, 0.717) is 38.9 Å². The summed E-state index contributed by atoms with van der Waals surface area (Å²) in [5.41, 5.74) is 3.59. The van der Waals surface area contributed by atoms with Crippen LogP contribution in [0.15, 0.2) is 60.0 Å². The summed E-state index contributed by atoms with van der Waals surface area (Å²) in [6.45, 7) is 0. The summed E-state index contributed by atoms with van der Waals surface area (Å²) < 4.78 is 0. The molecule has 0 bridgehead atoms. The highest BCUT2D eigenvalue weighted by Crippen LogP contribution is 2.22. The number of fused-ring (bicyclic) bond motifs is 2. The Bertz CT molecular complexity index is 1220. The van der Waals surface area contributed by atoms with Crippen LogP contribution in [0.3, 0.4) is 0 Å². The lowest BCUT2D eigenvalue weighted by Gasteiger charge is -2.17. The van der Waals surface area contributed by atoms with Gasteiger partial charge in [0.1, 0.15) is 22.5 Å². The van der Waals surface area contributed by atoms with Crippen molar-refractivity contribution in [3.8, 4) is 12.4 Å². The van der Waals surface area contributed by atoms with Crippen molar-refractivity contribution in [1.29, 1.82) is 10.5 Å². The van der Waals surface area contributed by atoms with Crippen LogP contribution in [0.25, 0.3) is 11.3 Å². The largest absolute Gasteiger partial charge is 0.357 e. The van der Waals surface area contributed by atoms with Crippen molar-refractivity contribution in [2.24, 2.45) is 4.99 Å². The predicted octanol–water partition coefficient (Wildman–Crippen LogP) is 0.474. The summed E-state index contributed by atoms with van der Waals surface area (Å²) in [6.07, 6.45) is 13.0. The van der Waals surface area contributed by atoms with Crippen molar-refractivity contribution in [2.75, 3.05) is 7.05 Å². The van der Waals surface area contributed by atoms with E-state index in [9.17, 15) is 5.26 Å². The average molecular weight is 350 g/mol. The van der Waals surface area contributed by atoms with Crippen molar-refractivity contribution in [3.05, 3.63) is 82.5 Å². The fraction of sp³-hybridized carbons (Fsp3) is 0.0500. The Morgan fingerprint density at radius 3 is 2.48 bits per heavy atom. The molecule has 0 unspecified atom stereocenters. The third-order valence-corrected chi connectivity index (χ3v) is 4.26. The van der Waals surface area contributed by atoms with Gasteiger partial charge >= 0.3 is 0 Å². The Morgan fingerprint density at radius 2 is 1.78 bits per heavy atom. The molecule has 2 aliphatic rings. The number of benzene rings is 1. The van der Waals surface area contributed by atoms with Gasteiger partial charge in [-0.3, -0.25) is 0 Å². The first-order valence-corrected chi connectivity index (χ1v) is 8.09. The lowest BCUT2D eigenvalue weighted by molar-refractivity contribution is 0.623. The van der Waals surface area contributed by atoms with Crippen LogP contribution in [0.1, 0.15) is 16.8 Å². The molecular formula is C20H12N7. The molecule has 2 heterocycles. The van der Waals surface area contributed by atoms with Crippen LogP contribution >= 0.6 is 0 Å². The van der Waals surface area contributed by atoms with E-state index >= 15 is 0 Å². The maximum atomic E-state index is 9.18. The molecule has 7 heteroatoms. The maximum absolute atomic E-state index is 9.18. The molecule has 0 fully saturated rings. The molecule has 0 saturated heterocycles. The molecule has 0 N–H and O–H groups in total. The Labute approximate surface area is 155 Å². The van der Waals surface area contributed by atoms with Gasteiger partial charge in [0, 0.05) is 36.1 Å². The zero-order valence-corrected chi connectivity index (χ0v) is 14.3.